The molecule has 0 bridgehead atoms. The highest BCUT2D eigenvalue weighted by Crippen LogP contribution is 2.18. The van der Waals surface area contributed by atoms with Crippen LogP contribution in [0.4, 0.5) is 4.39 Å². The Bertz CT molecular complexity index is 831. The highest BCUT2D eigenvalue weighted by molar-refractivity contribution is 9.10. The van der Waals surface area contributed by atoms with Gasteiger partial charge in [-0.05, 0) is 43.2 Å². The summed E-state index contributed by atoms with van der Waals surface area (Å²) in [6, 6.07) is 12.7. The number of nitrogens with zero attached hydrogens (tertiary/aromatic N) is 1. The lowest BCUT2D eigenvalue weighted by atomic mass is 10.1. The third-order valence-electron chi connectivity index (χ3n) is 4.43. The van der Waals surface area contributed by atoms with Crippen LogP contribution in [0.15, 0.2) is 53.0 Å². The number of ether oxygens (including phenoxy) is 1. The molecule has 156 valence electrons. The molecular weight excluding hydrogens is 439 g/mol. The molecule has 0 aliphatic carbocycles. The summed E-state index contributed by atoms with van der Waals surface area (Å²) in [7, 11) is 0. The van der Waals surface area contributed by atoms with E-state index < -0.39 is 17.8 Å². The molecule has 29 heavy (non-hydrogen) atoms. The molecule has 2 rings (SSSR count). The Hall–Kier alpha value is -2.41. The van der Waals surface area contributed by atoms with Crippen LogP contribution in [0.3, 0.4) is 0 Å². The van der Waals surface area contributed by atoms with Crippen LogP contribution in [0.1, 0.15) is 32.3 Å². The van der Waals surface area contributed by atoms with Crippen molar-refractivity contribution in [2.75, 3.05) is 13.2 Å². The van der Waals surface area contributed by atoms with Crippen LogP contribution >= 0.6 is 15.9 Å². The first kappa shape index (κ1) is 22.9. The summed E-state index contributed by atoms with van der Waals surface area (Å²) < 4.78 is 20.0. The lowest BCUT2D eigenvalue weighted by Gasteiger charge is -2.29. The molecule has 0 radical (unpaired) electrons. The Morgan fingerprint density at radius 2 is 1.97 bits per heavy atom. The second-order valence-electron chi connectivity index (χ2n) is 6.69. The van der Waals surface area contributed by atoms with Gasteiger partial charge < -0.3 is 15.0 Å². The zero-order valence-corrected chi connectivity index (χ0v) is 18.2. The second-order valence-corrected chi connectivity index (χ2v) is 7.61. The predicted molar refractivity (Wildman–Crippen MR) is 114 cm³/mol. The maximum absolute atomic E-state index is 13.8. The number of benzene rings is 2. The lowest BCUT2D eigenvalue weighted by Crippen LogP contribution is -2.49. The van der Waals surface area contributed by atoms with Crippen molar-refractivity contribution in [1.29, 1.82) is 0 Å². The van der Waals surface area contributed by atoms with Crippen molar-refractivity contribution >= 4 is 27.7 Å². The van der Waals surface area contributed by atoms with E-state index in [2.05, 4.69) is 21.2 Å². The minimum atomic E-state index is -0.692. The summed E-state index contributed by atoms with van der Waals surface area (Å²) in [4.78, 5) is 26.9. The molecule has 0 spiro atoms. The van der Waals surface area contributed by atoms with Crippen molar-refractivity contribution in [1.82, 2.24) is 10.2 Å². The smallest absolute Gasteiger partial charge is 0.261 e. The van der Waals surface area contributed by atoms with E-state index in [0.29, 0.717) is 6.54 Å². The van der Waals surface area contributed by atoms with Gasteiger partial charge in [0, 0.05) is 17.6 Å². The van der Waals surface area contributed by atoms with E-state index in [0.717, 1.165) is 22.9 Å². The molecule has 0 aliphatic rings. The first-order chi connectivity index (χ1) is 13.9. The van der Waals surface area contributed by atoms with Crippen molar-refractivity contribution in [2.45, 2.75) is 39.3 Å². The van der Waals surface area contributed by atoms with Crippen molar-refractivity contribution in [3.05, 3.63) is 64.4 Å². The van der Waals surface area contributed by atoms with Crippen LogP contribution in [0.5, 0.6) is 5.75 Å². The van der Waals surface area contributed by atoms with Crippen LogP contribution in [-0.2, 0) is 16.1 Å². The first-order valence-corrected chi connectivity index (χ1v) is 10.4. The molecule has 0 aromatic heterocycles. The first-order valence-electron chi connectivity index (χ1n) is 9.61. The Morgan fingerprint density at radius 1 is 1.21 bits per heavy atom. The van der Waals surface area contributed by atoms with Gasteiger partial charge in [0.25, 0.3) is 5.91 Å². The number of rotatable bonds is 10. The lowest BCUT2D eigenvalue weighted by molar-refractivity contribution is -0.142. The molecule has 2 aromatic rings. The molecule has 2 aromatic carbocycles. The zero-order chi connectivity index (χ0) is 21.2. The second kappa shape index (κ2) is 11.6. The summed E-state index contributed by atoms with van der Waals surface area (Å²) in [5.41, 5.74) is 0.867. The summed E-state index contributed by atoms with van der Waals surface area (Å²) in [6.07, 6.45) is 1.83. The molecule has 2 amide bonds. The van der Waals surface area contributed by atoms with Gasteiger partial charge in [0.05, 0.1) is 0 Å². The highest BCUT2D eigenvalue weighted by atomic mass is 79.9. The van der Waals surface area contributed by atoms with Crippen LogP contribution in [-0.4, -0.2) is 35.9 Å². The van der Waals surface area contributed by atoms with E-state index in [1.165, 1.54) is 17.0 Å². The maximum atomic E-state index is 13.8. The molecule has 0 heterocycles. The molecule has 0 saturated heterocycles. The zero-order valence-electron chi connectivity index (χ0n) is 16.7. The average Bonchev–Trinajstić information content (AvgIpc) is 2.71. The van der Waals surface area contributed by atoms with Crippen LogP contribution in [0, 0.1) is 5.82 Å². The molecule has 0 fully saturated rings. The van der Waals surface area contributed by atoms with Gasteiger partial charge in [0.15, 0.2) is 18.2 Å². The third kappa shape index (κ3) is 7.16. The van der Waals surface area contributed by atoms with E-state index in [1.807, 2.05) is 31.2 Å². The SMILES string of the molecule is CCCCNC(=O)[C@@H](C)N(Cc1cccc(Br)c1)C(=O)COc1ccccc1F. The van der Waals surface area contributed by atoms with E-state index >= 15 is 0 Å². The number of carbonyl (C=O) groups is 2. The van der Waals surface area contributed by atoms with Crippen molar-refractivity contribution in [3.8, 4) is 5.75 Å². The standard InChI is InChI=1S/C22H26BrFN2O3/c1-3-4-12-25-22(28)16(2)26(14-17-8-7-9-18(23)13-17)21(27)15-29-20-11-6-5-10-19(20)24/h5-11,13,16H,3-4,12,14-15H2,1-2H3,(H,25,28)/t16-/m1/s1. The number of hydrogen-bond donors (Lipinski definition) is 1. The largest absolute Gasteiger partial charge is 0.481 e. The fraction of sp³-hybridized carbons (Fsp3) is 0.364. The Kier molecular flexibility index (Phi) is 9.12. The van der Waals surface area contributed by atoms with Gasteiger partial charge in [-0.3, -0.25) is 9.59 Å². The topological polar surface area (TPSA) is 58.6 Å². The van der Waals surface area contributed by atoms with E-state index in [4.69, 9.17) is 4.74 Å². The minimum absolute atomic E-state index is 0.00306. The maximum Gasteiger partial charge on any atom is 0.261 e. The quantitative estimate of drug-likeness (QED) is 0.533. The normalized spacial score (nSPS) is 11.6. The monoisotopic (exact) mass is 464 g/mol. The minimum Gasteiger partial charge on any atom is -0.481 e. The molecule has 0 saturated carbocycles. The average molecular weight is 465 g/mol. The molecule has 5 nitrogen and oxygen atoms in total. The third-order valence-corrected chi connectivity index (χ3v) is 4.92. The Labute approximate surface area is 179 Å². The number of halogens is 2. The van der Waals surface area contributed by atoms with E-state index in [-0.39, 0.29) is 24.8 Å². The van der Waals surface area contributed by atoms with Gasteiger partial charge in [-0.1, -0.05) is 53.5 Å². The summed E-state index contributed by atoms with van der Waals surface area (Å²) in [5.74, 6) is -1.16. The number of amides is 2. The van der Waals surface area contributed by atoms with Crippen molar-refractivity contribution < 1.29 is 18.7 Å². The Balaban J connectivity index is 2.12. The highest BCUT2D eigenvalue weighted by Gasteiger charge is 2.26. The van der Waals surface area contributed by atoms with Gasteiger partial charge in [-0.2, -0.15) is 0 Å². The summed E-state index contributed by atoms with van der Waals surface area (Å²) >= 11 is 3.42. The number of carbonyl (C=O) groups excluding carboxylic acids is 2. The molecule has 0 aliphatic heterocycles. The van der Waals surface area contributed by atoms with E-state index in [9.17, 15) is 14.0 Å². The number of nitrogens with one attached hydrogen (secondary N) is 1. The molecule has 7 heteroatoms. The predicted octanol–water partition coefficient (Wildman–Crippen LogP) is 4.30. The summed E-state index contributed by atoms with van der Waals surface area (Å²) in [5, 5.41) is 2.86. The Morgan fingerprint density at radius 3 is 2.66 bits per heavy atom. The number of unbranched alkanes of at least 4 members (excludes halogenated alkanes) is 1. The van der Waals surface area contributed by atoms with Crippen molar-refractivity contribution in [3.63, 3.8) is 0 Å². The van der Waals surface area contributed by atoms with Crippen LogP contribution in [0.25, 0.3) is 0 Å². The molecule has 1 atom stereocenters. The molecule has 1 N–H and O–H groups in total. The molecular formula is C22H26BrFN2O3. The van der Waals surface area contributed by atoms with E-state index in [1.54, 1.807) is 19.1 Å². The van der Waals surface area contributed by atoms with Gasteiger partial charge >= 0.3 is 0 Å². The fourth-order valence-electron chi connectivity index (χ4n) is 2.73. The van der Waals surface area contributed by atoms with Gasteiger partial charge in [0.2, 0.25) is 5.91 Å². The number of para-hydroxylation sites is 1. The van der Waals surface area contributed by atoms with Gasteiger partial charge in [-0.15, -0.1) is 0 Å². The fourth-order valence-corrected chi connectivity index (χ4v) is 3.18. The van der Waals surface area contributed by atoms with Crippen LogP contribution in [0.2, 0.25) is 0 Å². The number of hydrogen-bond acceptors (Lipinski definition) is 3. The molecule has 0 unspecified atom stereocenters. The van der Waals surface area contributed by atoms with Crippen LogP contribution < -0.4 is 10.1 Å². The summed E-state index contributed by atoms with van der Waals surface area (Å²) in [6.45, 7) is 4.16. The van der Waals surface area contributed by atoms with Gasteiger partial charge in [0.1, 0.15) is 6.04 Å². The van der Waals surface area contributed by atoms with Gasteiger partial charge in [-0.25, -0.2) is 4.39 Å². The van der Waals surface area contributed by atoms with Crippen molar-refractivity contribution in [2.24, 2.45) is 0 Å².